The zero-order valence-electron chi connectivity index (χ0n) is 11.2. The summed E-state index contributed by atoms with van der Waals surface area (Å²) < 4.78 is 7.04. The molecule has 0 aliphatic carbocycles. The van der Waals surface area contributed by atoms with E-state index in [0.29, 0.717) is 18.9 Å². The molecule has 0 radical (unpaired) electrons. The zero-order valence-corrected chi connectivity index (χ0v) is 12.0. The smallest absolute Gasteiger partial charge is 0.228 e. The maximum Gasteiger partial charge on any atom is 0.228 e. The number of halogens is 1. The summed E-state index contributed by atoms with van der Waals surface area (Å²) >= 11 is 6.23. The summed E-state index contributed by atoms with van der Waals surface area (Å²) in [5, 5.41) is 3.41. The highest BCUT2D eigenvalue weighted by Gasteiger charge is 2.17. The van der Waals surface area contributed by atoms with Crippen LogP contribution in [0.4, 0.5) is 0 Å². The lowest BCUT2D eigenvalue weighted by Gasteiger charge is -2.08. The maximum atomic E-state index is 6.23. The van der Waals surface area contributed by atoms with E-state index in [9.17, 15) is 0 Å². The van der Waals surface area contributed by atoms with Crippen molar-refractivity contribution in [1.82, 2.24) is 24.7 Å². The maximum absolute atomic E-state index is 6.23. The van der Waals surface area contributed by atoms with E-state index in [1.165, 1.54) is 6.33 Å². The van der Waals surface area contributed by atoms with Gasteiger partial charge >= 0.3 is 0 Å². The monoisotopic (exact) mass is 291 g/mol. The van der Waals surface area contributed by atoms with Crippen LogP contribution in [0.1, 0.15) is 29.6 Å². The van der Waals surface area contributed by atoms with Crippen molar-refractivity contribution in [1.29, 1.82) is 0 Å². The molecule has 1 unspecified atom stereocenters. The molecule has 0 saturated heterocycles. The van der Waals surface area contributed by atoms with Gasteiger partial charge in [-0.3, -0.25) is 0 Å². The van der Waals surface area contributed by atoms with Crippen molar-refractivity contribution in [2.24, 2.45) is 0 Å². The molecular weight excluding hydrogens is 278 g/mol. The minimum Gasteiger partial charge on any atom is -0.340 e. The molecule has 104 valence electrons. The quantitative estimate of drug-likeness (QED) is 0.691. The average Bonchev–Trinajstić information content (AvgIpc) is 3.03. The summed E-state index contributed by atoms with van der Waals surface area (Å²) in [5.41, 5.74) is 2.82. The Kier molecular flexibility index (Phi) is 3.40. The second-order valence-corrected chi connectivity index (χ2v) is 5.28. The number of aromatic nitrogens is 5. The summed E-state index contributed by atoms with van der Waals surface area (Å²) in [6, 6.07) is 1.94. The second kappa shape index (κ2) is 5.20. The fourth-order valence-electron chi connectivity index (χ4n) is 2.19. The van der Waals surface area contributed by atoms with E-state index in [4.69, 9.17) is 16.1 Å². The van der Waals surface area contributed by atoms with E-state index in [-0.39, 0.29) is 5.38 Å². The van der Waals surface area contributed by atoms with E-state index >= 15 is 0 Å². The average molecular weight is 292 g/mol. The first kappa shape index (κ1) is 13.1. The molecule has 1 atom stereocenters. The number of imidazole rings is 1. The summed E-state index contributed by atoms with van der Waals surface area (Å²) in [6.45, 7) is 4.57. The Bertz CT molecular complexity index is 720. The van der Waals surface area contributed by atoms with Gasteiger partial charge in [0.15, 0.2) is 12.0 Å². The Morgan fingerprint density at radius 1 is 1.40 bits per heavy atom. The Labute approximate surface area is 120 Å². The molecule has 0 bridgehead atoms. The number of hydrogen-bond acceptors (Lipinski definition) is 5. The Morgan fingerprint density at radius 3 is 2.95 bits per heavy atom. The van der Waals surface area contributed by atoms with E-state index < -0.39 is 0 Å². The third-order valence-electron chi connectivity index (χ3n) is 3.18. The molecule has 0 aliphatic rings. The van der Waals surface area contributed by atoms with Crippen LogP contribution in [0.3, 0.4) is 0 Å². The van der Waals surface area contributed by atoms with Gasteiger partial charge in [-0.15, -0.1) is 11.6 Å². The molecule has 6 nitrogen and oxygen atoms in total. The van der Waals surface area contributed by atoms with Crippen LogP contribution in [-0.2, 0) is 13.0 Å². The lowest BCUT2D eigenvalue weighted by atomic mass is 10.3. The molecule has 0 spiro atoms. The molecule has 3 aromatic heterocycles. The van der Waals surface area contributed by atoms with E-state index in [0.717, 1.165) is 22.6 Å². The van der Waals surface area contributed by atoms with Gasteiger partial charge < -0.3 is 9.09 Å². The first-order valence-corrected chi connectivity index (χ1v) is 6.82. The van der Waals surface area contributed by atoms with Crippen LogP contribution in [0.5, 0.6) is 0 Å². The SMILES string of the molecule is Cc1ccnc2c1nc(C(C)Cl)n2CCc1ncno1. The molecule has 0 aliphatic heterocycles. The molecule has 3 rings (SSSR count). The first-order chi connectivity index (χ1) is 9.66. The first-order valence-electron chi connectivity index (χ1n) is 6.38. The number of alkyl halides is 1. The Hall–Kier alpha value is -1.95. The van der Waals surface area contributed by atoms with Crippen LogP contribution in [-0.4, -0.2) is 24.7 Å². The van der Waals surface area contributed by atoms with E-state index in [2.05, 4.69) is 20.1 Å². The van der Waals surface area contributed by atoms with E-state index in [1.54, 1.807) is 6.20 Å². The van der Waals surface area contributed by atoms with Crippen molar-refractivity contribution in [3.8, 4) is 0 Å². The standard InChI is InChI=1S/C13H14ClN5O/c1-8-3-5-15-13-11(8)18-12(9(2)14)19(13)6-4-10-16-7-17-20-10/h3,5,7,9H,4,6H2,1-2H3. The number of rotatable bonds is 4. The van der Waals surface area contributed by atoms with Gasteiger partial charge in [-0.05, 0) is 25.5 Å². The molecule has 20 heavy (non-hydrogen) atoms. The third kappa shape index (κ3) is 2.27. The fraction of sp³-hybridized carbons (Fsp3) is 0.385. The summed E-state index contributed by atoms with van der Waals surface area (Å²) in [6.07, 6.45) is 3.80. The van der Waals surface area contributed by atoms with Gasteiger partial charge in [0, 0.05) is 19.2 Å². The normalized spacial score (nSPS) is 12.9. The van der Waals surface area contributed by atoms with Crippen LogP contribution in [0, 0.1) is 6.92 Å². The van der Waals surface area contributed by atoms with Gasteiger partial charge in [-0.25, -0.2) is 9.97 Å². The number of aryl methyl sites for hydroxylation is 3. The topological polar surface area (TPSA) is 69.6 Å². The summed E-state index contributed by atoms with van der Waals surface area (Å²) in [7, 11) is 0. The van der Waals surface area contributed by atoms with Crippen LogP contribution >= 0.6 is 11.6 Å². The molecule has 3 heterocycles. The Balaban J connectivity index is 2.02. The van der Waals surface area contributed by atoms with Gasteiger partial charge in [0.1, 0.15) is 11.3 Å². The van der Waals surface area contributed by atoms with Crippen LogP contribution in [0.2, 0.25) is 0 Å². The van der Waals surface area contributed by atoms with Crippen molar-refractivity contribution in [3.63, 3.8) is 0 Å². The molecule has 0 saturated carbocycles. The van der Waals surface area contributed by atoms with Crippen LogP contribution in [0.25, 0.3) is 11.2 Å². The highest BCUT2D eigenvalue weighted by atomic mass is 35.5. The van der Waals surface area contributed by atoms with Crippen LogP contribution in [0.15, 0.2) is 23.1 Å². The highest BCUT2D eigenvalue weighted by molar-refractivity contribution is 6.20. The number of nitrogens with zero attached hydrogens (tertiary/aromatic N) is 5. The molecule has 0 fully saturated rings. The van der Waals surface area contributed by atoms with Crippen molar-refractivity contribution < 1.29 is 4.52 Å². The van der Waals surface area contributed by atoms with Crippen molar-refractivity contribution >= 4 is 22.8 Å². The van der Waals surface area contributed by atoms with Crippen molar-refractivity contribution in [2.45, 2.75) is 32.2 Å². The highest BCUT2D eigenvalue weighted by Crippen LogP contribution is 2.25. The van der Waals surface area contributed by atoms with Gasteiger partial charge in [0.2, 0.25) is 5.89 Å². The van der Waals surface area contributed by atoms with Gasteiger partial charge in [0.25, 0.3) is 0 Å². The molecule has 0 N–H and O–H groups in total. The van der Waals surface area contributed by atoms with Crippen LogP contribution < -0.4 is 0 Å². The molecule has 0 aromatic carbocycles. The fourth-order valence-corrected chi connectivity index (χ4v) is 2.36. The third-order valence-corrected chi connectivity index (χ3v) is 3.37. The van der Waals surface area contributed by atoms with Gasteiger partial charge in [0.05, 0.1) is 5.38 Å². The van der Waals surface area contributed by atoms with Crippen molar-refractivity contribution in [3.05, 3.63) is 35.9 Å². The number of hydrogen-bond donors (Lipinski definition) is 0. The largest absolute Gasteiger partial charge is 0.340 e. The minimum absolute atomic E-state index is 0.189. The molecular formula is C13H14ClN5O. The predicted molar refractivity (Wildman–Crippen MR) is 74.5 cm³/mol. The second-order valence-electron chi connectivity index (χ2n) is 4.62. The predicted octanol–water partition coefficient (Wildman–Crippen LogP) is 2.67. The minimum atomic E-state index is -0.189. The molecule has 0 amide bonds. The molecule has 7 heteroatoms. The molecule has 3 aromatic rings. The number of pyridine rings is 1. The summed E-state index contributed by atoms with van der Waals surface area (Å²) in [4.78, 5) is 13.1. The lowest BCUT2D eigenvalue weighted by molar-refractivity contribution is 0.370. The Morgan fingerprint density at radius 2 is 2.25 bits per heavy atom. The number of fused-ring (bicyclic) bond motifs is 1. The zero-order chi connectivity index (χ0) is 14.1. The van der Waals surface area contributed by atoms with Gasteiger partial charge in [-0.1, -0.05) is 5.16 Å². The lowest BCUT2D eigenvalue weighted by Crippen LogP contribution is -2.07. The van der Waals surface area contributed by atoms with E-state index in [1.807, 2.05) is 24.5 Å². The van der Waals surface area contributed by atoms with Crippen molar-refractivity contribution in [2.75, 3.05) is 0 Å². The summed E-state index contributed by atoms with van der Waals surface area (Å²) in [5.74, 6) is 1.40. The van der Waals surface area contributed by atoms with Gasteiger partial charge in [-0.2, -0.15) is 4.98 Å².